The molecule has 1 heterocycles. The molecule has 0 unspecified atom stereocenters. The molecule has 1 aliphatic rings. The van der Waals surface area contributed by atoms with E-state index < -0.39 is 0 Å². The van der Waals surface area contributed by atoms with Gasteiger partial charge in [-0.15, -0.1) is 0 Å². The smallest absolute Gasteiger partial charge is 0.246 e. The molecule has 3 nitrogen and oxygen atoms in total. The topological polar surface area (TPSA) is 23.6 Å². The number of carbonyl (C=O) groups is 1. The van der Waals surface area contributed by atoms with Crippen LogP contribution in [-0.4, -0.2) is 49.4 Å². The highest BCUT2D eigenvalue weighted by atomic mass is 16.2. The zero-order chi connectivity index (χ0) is 10.6. The normalized spacial score (nSPS) is 17.4. The molecule has 0 spiro atoms. The van der Waals surface area contributed by atoms with Crippen molar-refractivity contribution < 1.29 is 4.79 Å². The van der Waals surface area contributed by atoms with Gasteiger partial charge in [0.25, 0.3) is 0 Å². The van der Waals surface area contributed by atoms with Crippen LogP contribution in [-0.2, 0) is 4.79 Å². The highest BCUT2D eigenvalue weighted by molar-refractivity contribution is 5.88. The first kappa shape index (κ1) is 11.0. The Balaban J connectivity index is 2.35. The lowest BCUT2D eigenvalue weighted by molar-refractivity contribution is -0.124. The number of rotatable bonds is 3. The number of likely N-dealkylation sites (tertiary alicyclic amines) is 1. The van der Waals surface area contributed by atoms with Crippen LogP contribution >= 0.6 is 0 Å². The number of likely N-dealkylation sites (N-methyl/N-ethyl adjacent to an activating group) is 1. The molecular weight excluding hydrogens is 176 g/mol. The van der Waals surface area contributed by atoms with E-state index in [1.807, 2.05) is 30.0 Å². The van der Waals surface area contributed by atoms with Gasteiger partial charge in [-0.25, -0.2) is 0 Å². The molecule has 0 aromatic heterocycles. The average molecular weight is 194 g/mol. The summed E-state index contributed by atoms with van der Waals surface area (Å²) in [7, 11) is 3.96. The summed E-state index contributed by atoms with van der Waals surface area (Å²) in [6.45, 7) is 6.23. The van der Waals surface area contributed by atoms with Gasteiger partial charge in [0.1, 0.15) is 0 Å². The van der Waals surface area contributed by atoms with Gasteiger partial charge in [-0.3, -0.25) is 4.79 Å². The minimum Gasteiger partial charge on any atom is -0.335 e. The van der Waals surface area contributed by atoms with Crippen LogP contribution in [0, 0.1) is 0 Å². The van der Waals surface area contributed by atoms with Gasteiger partial charge in [-0.2, -0.15) is 0 Å². The van der Waals surface area contributed by atoms with Crippen LogP contribution in [0.2, 0.25) is 0 Å². The van der Waals surface area contributed by atoms with Crippen LogP contribution in [0.25, 0.3) is 0 Å². The lowest BCUT2D eigenvalue weighted by atomic mass is 10.3. The summed E-state index contributed by atoms with van der Waals surface area (Å²) in [4.78, 5) is 15.4. The predicted octanol–water partition coefficient (Wildman–Crippen LogP) is 0.893. The molecule has 0 radical (unpaired) electrons. The Hall–Kier alpha value is -1.09. The first-order chi connectivity index (χ1) is 6.59. The molecule has 1 amide bonds. The van der Waals surface area contributed by atoms with E-state index in [1.54, 1.807) is 6.08 Å². The van der Waals surface area contributed by atoms with Crippen molar-refractivity contribution in [2.75, 3.05) is 33.7 Å². The van der Waals surface area contributed by atoms with Crippen LogP contribution in [0.5, 0.6) is 0 Å². The van der Waals surface area contributed by atoms with Crippen LogP contribution in [0.1, 0.15) is 6.42 Å². The number of nitrogens with zero attached hydrogens (tertiary/aromatic N) is 2. The fourth-order valence-corrected chi connectivity index (χ4v) is 1.38. The fraction of sp³-hybridized carbons (Fsp3) is 0.545. The molecule has 3 heteroatoms. The molecule has 1 aliphatic heterocycles. The molecule has 78 valence electrons. The Morgan fingerprint density at radius 2 is 2.36 bits per heavy atom. The average Bonchev–Trinajstić information content (AvgIpc) is 2.51. The van der Waals surface area contributed by atoms with E-state index >= 15 is 0 Å². The third-order valence-electron chi connectivity index (χ3n) is 2.19. The van der Waals surface area contributed by atoms with Gasteiger partial charge in [0.15, 0.2) is 0 Å². The quantitative estimate of drug-likeness (QED) is 0.492. The highest BCUT2D eigenvalue weighted by Gasteiger charge is 2.17. The number of amides is 1. The summed E-state index contributed by atoms with van der Waals surface area (Å²) < 4.78 is 0. The maximum absolute atomic E-state index is 11.6. The summed E-state index contributed by atoms with van der Waals surface area (Å²) >= 11 is 0. The zero-order valence-corrected chi connectivity index (χ0v) is 8.99. The molecule has 0 aromatic carbocycles. The lowest BCUT2D eigenvalue weighted by Gasteiger charge is -2.12. The molecule has 14 heavy (non-hydrogen) atoms. The fourth-order valence-electron chi connectivity index (χ4n) is 1.38. The maximum Gasteiger partial charge on any atom is 0.246 e. The Bertz CT molecular complexity index is 256. The van der Waals surface area contributed by atoms with Gasteiger partial charge in [-0.05, 0) is 20.5 Å². The van der Waals surface area contributed by atoms with Gasteiger partial charge in [-0.1, -0.05) is 18.2 Å². The third kappa shape index (κ3) is 3.34. The molecule has 1 fully saturated rings. The summed E-state index contributed by atoms with van der Waals surface area (Å²) in [5, 5.41) is 0. The second-order valence-electron chi connectivity index (χ2n) is 3.92. The van der Waals surface area contributed by atoms with Crippen LogP contribution in [0.3, 0.4) is 0 Å². The number of carbonyl (C=O) groups excluding carboxylic acids is 1. The van der Waals surface area contributed by atoms with Crippen molar-refractivity contribution in [1.29, 1.82) is 0 Å². The Labute approximate surface area is 85.7 Å². The van der Waals surface area contributed by atoms with E-state index in [4.69, 9.17) is 0 Å². The van der Waals surface area contributed by atoms with Crippen LogP contribution in [0.4, 0.5) is 0 Å². The summed E-state index contributed by atoms with van der Waals surface area (Å²) in [5.41, 5.74) is 1.15. The molecule has 0 saturated carbocycles. The van der Waals surface area contributed by atoms with Gasteiger partial charge in [0, 0.05) is 25.7 Å². The van der Waals surface area contributed by atoms with Crippen molar-refractivity contribution >= 4 is 5.91 Å². The van der Waals surface area contributed by atoms with Crippen molar-refractivity contribution in [3.8, 4) is 0 Å². The molecule has 1 saturated heterocycles. The van der Waals surface area contributed by atoms with Crippen molar-refractivity contribution in [2.24, 2.45) is 0 Å². The summed E-state index contributed by atoms with van der Waals surface area (Å²) in [6.07, 6.45) is 4.50. The summed E-state index contributed by atoms with van der Waals surface area (Å²) in [5.74, 6) is 0.102. The molecule has 0 N–H and O–H groups in total. The number of hydrogen-bond acceptors (Lipinski definition) is 2. The lowest BCUT2D eigenvalue weighted by Crippen LogP contribution is -2.26. The van der Waals surface area contributed by atoms with Crippen molar-refractivity contribution in [3.05, 3.63) is 24.3 Å². The van der Waals surface area contributed by atoms with E-state index in [2.05, 4.69) is 6.58 Å². The Kier molecular flexibility index (Phi) is 3.89. The van der Waals surface area contributed by atoms with Crippen molar-refractivity contribution in [2.45, 2.75) is 6.42 Å². The molecule has 0 aromatic rings. The van der Waals surface area contributed by atoms with Gasteiger partial charge >= 0.3 is 0 Å². The van der Waals surface area contributed by atoms with Crippen LogP contribution < -0.4 is 0 Å². The van der Waals surface area contributed by atoms with Crippen LogP contribution in [0.15, 0.2) is 24.3 Å². The van der Waals surface area contributed by atoms with Gasteiger partial charge < -0.3 is 9.80 Å². The zero-order valence-electron chi connectivity index (χ0n) is 8.99. The second kappa shape index (κ2) is 4.96. The van der Waals surface area contributed by atoms with Gasteiger partial charge in [0.05, 0.1) is 0 Å². The summed E-state index contributed by atoms with van der Waals surface area (Å²) in [6, 6.07) is 0. The SMILES string of the molecule is C=C1CCN(C(=O)/C=C/CN(C)C)C1. The molecule has 0 aliphatic carbocycles. The predicted molar refractivity (Wildman–Crippen MR) is 58.0 cm³/mol. The number of hydrogen-bond donors (Lipinski definition) is 0. The molecular formula is C11H18N2O. The molecule has 0 atom stereocenters. The Morgan fingerprint density at radius 1 is 1.64 bits per heavy atom. The first-order valence-corrected chi connectivity index (χ1v) is 4.86. The minimum atomic E-state index is 0.102. The largest absolute Gasteiger partial charge is 0.335 e. The Morgan fingerprint density at radius 3 is 2.86 bits per heavy atom. The van der Waals surface area contributed by atoms with E-state index in [-0.39, 0.29) is 5.91 Å². The highest BCUT2D eigenvalue weighted by Crippen LogP contribution is 2.12. The van der Waals surface area contributed by atoms with Crippen molar-refractivity contribution in [1.82, 2.24) is 9.80 Å². The molecule has 0 bridgehead atoms. The molecule has 1 rings (SSSR count). The monoisotopic (exact) mass is 194 g/mol. The van der Waals surface area contributed by atoms with E-state index in [0.29, 0.717) is 0 Å². The van der Waals surface area contributed by atoms with Crippen molar-refractivity contribution in [3.63, 3.8) is 0 Å². The second-order valence-corrected chi connectivity index (χ2v) is 3.92. The third-order valence-corrected chi connectivity index (χ3v) is 2.19. The maximum atomic E-state index is 11.6. The first-order valence-electron chi connectivity index (χ1n) is 4.86. The standard InChI is InChI=1S/C11H18N2O/c1-10-6-8-13(9-10)11(14)5-4-7-12(2)3/h4-5H,1,6-9H2,2-3H3/b5-4+. The van der Waals surface area contributed by atoms with E-state index in [9.17, 15) is 4.79 Å². The van der Waals surface area contributed by atoms with E-state index in [0.717, 1.165) is 31.6 Å². The van der Waals surface area contributed by atoms with Gasteiger partial charge in [0.2, 0.25) is 5.91 Å². The minimum absolute atomic E-state index is 0.102. The van der Waals surface area contributed by atoms with E-state index in [1.165, 1.54) is 0 Å².